The fraction of sp³-hybridized carbons (Fsp3) is 0.235. The average molecular weight is 401 g/mol. The van der Waals surface area contributed by atoms with Gasteiger partial charge in [-0.15, -0.1) is 0 Å². The summed E-state index contributed by atoms with van der Waals surface area (Å²) in [5.74, 6) is -0.502. The fourth-order valence-corrected chi connectivity index (χ4v) is 3.97. The minimum atomic E-state index is -3.72. The molecule has 0 aliphatic heterocycles. The first-order valence-electron chi connectivity index (χ1n) is 7.42. The summed E-state index contributed by atoms with van der Waals surface area (Å²) in [7, 11) is -3.72. The number of hydrogen-bond donors (Lipinski definition) is 1. The Labute approximate surface area is 157 Å². The molecule has 1 atom stereocenters. The molecule has 0 bridgehead atoms. The molecule has 0 saturated carbocycles. The highest BCUT2D eigenvalue weighted by molar-refractivity contribution is 7.92. The van der Waals surface area contributed by atoms with Gasteiger partial charge in [-0.25, -0.2) is 8.42 Å². The highest BCUT2D eigenvalue weighted by Gasteiger charge is 2.30. The summed E-state index contributed by atoms with van der Waals surface area (Å²) >= 11 is 12.0. The Hall–Kier alpha value is -1.76. The third kappa shape index (κ3) is 4.66. The van der Waals surface area contributed by atoms with E-state index in [4.69, 9.17) is 23.2 Å². The molecule has 0 saturated heterocycles. The van der Waals surface area contributed by atoms with Crippen molar-refractivity contribution in [3.63, 3.8) is 0 Å². The number of carbonyl (C=O) groups is 1. The standard InChI is InChI=1S/C17H18Cl2N2O3S/c1-11-8-9-13(18)10-16(11)21(25(3,23)24)12(2)17(22)20-15-7-5-4-6-14(15)19/h4-10,12H,1-3H3,(H,20,22)/t12-/m0/s1. The monoisotopic (exact) mass is 400 g/mol. The van der Waals surface area contributed by atoms with Gasteiger partial charge in [0, 0.05) is 5.02 Å². The minimum absolute atomic E-state index is 0.358. The summed E-state index contributed by atoms with van der Waals surface area (Å²) in [4.78, 5) is 12.6. The molecule has 0 fully saturated rings. The lowest BCUT2D eigenvalue weighted by molar-refractivity contribution is -0.116. The van der Waals surface area contributed by atoms with Gasteiger partial charge in [0.15, 0.2) is 0 Å². The molecular weight excluding hydrogens is 383 g/mol. The summed E-state index contributed by atoms with van der Waals surface area (Å²) in [6.07, 6.45) is 1.05. The zero-order valence-electron chi connectivity index (χ0n) is 14.0. The first-order valence-corrected chi connectivity index (χ1v) is 10.0. The van der Waals surface area contributed by atoms with Gasteiger partial charge in [0.2, 0.25) is 15.9 Å². The number of para-hydroxylation sites is 1. The third-order valence-electron chi connectivity index (χ3n) is 3.63. The number of rotatable bonds is 5. The minimum Gasteiger partial charge on any atom is -0.323 e. The zero-order chi connectivity index (χ0) is 18.8. The van der Waals surface area contributed by atoms with Crippen molar-refractivity contribution < 1.29 is 13.2 Å². The number of nitrogens with one attached hydrogen (secondary N) is 1. The Morgan fingerprint density at radius 2 is 1.80 bits per heavy atom. The van der Waals surface area contributed by atoms with E-state index in [1.54, 1.807) is 43.3 Å². The van der Waals surface area contributed by atoms with E-state index in [1.807, 2.05) is 0 Å². The van der Waals surface area contributed by atoms with Gasteiger partial charge < -0.3 is 5.32 Å². The first kappa shape index (κ1) is 19.6. The number of aryl methyl sites for hydroxylation is 1. The van der Waals surface area contributed by atoms with Crippen molar-refractivity contribution >= 4 is 50.5 Å². The molecule has 134 valence electrons. The van der Waals surface area contributed by atoms with Gasteiger partial charge in [-0.3, -0.25) is 9.10 Å². The number of nitrogens with zero attached hydrogens (tertiary/aromatic N) is 1. The van der Waals surface area contributed by atoms with Gasteiger partial charge >= 0.3 is 0 Å². The lowest BCUT2D eigenvalue weighted by Crippen LogP contribution is -2.45. The van der Waals surface area contributed by atoms with Crippen LogP contribution in [0.25, 0.3) is 0 Å². The van der Waals surface area contributed by atoms with Crippen LogP contribution < -0.4 is 9.62 Å². The maximum atomic E-state index is 12.6. The number of sulfonamides is 1. The second kappa shape index (κ2) is 7.64. The molecule has 0 aliphatic carbocycles. The molecule has 0 aromatic heterocycles. The Balaban J connectivity index is 2.40. The van der Waals surface area contributed by atoms with E-state index in [2.05, 4.69) is 5.32 Å². The highest BCUT2D eigenvalue weighted by Crippen LogP contribution is 2.29. The number of anilines is 2. The van der Waals surface area contributed by atoms with E-state index in [9.17, 15) is 13.2 Å². The van der Waals surface area contributed by atoms with E-state index in [1.165, 1.54) is 13.0 Å². The van der Waals surface area contributed by atoms with E-state index < -0.39 is 22.0 Å². The second-order valence-electron chi connectivity index (χ2n) is 5.63. The van der Waals surface area contributed by atoms with Crippen LogP contribution in [0.3, 0.4) is 0 Å². The van der Waals surface area contributed by atoms with Crippen molar-refractivity contribution in [3.05, 3.63) is 58.1 Å². The number of benzene rings is 2. The van der Waals surface area contributed by atoms with E-state index >= 15 is 0 Å². The summed E-state index contributed by atoms with van der Waals surface area (Å²) < 4.78 is 25.7. The van der Waals surface area contributed by atoms with Crippen molar-refractivity contribution in [2.75, 3.05) is 15.9 Å². The molecule has 8 heteroatoms. The molecule has 2 aromatic rings. The molecule has 1 N–H and O–H groups in total. The lowest BCUT2D eigenvalue weighted by atomic mass is 10.1. The van der Waals surface area contributed by atoms with Crippen molar-refractivity contribution in [1.82, 2.24) is 0 Å². The summed E-state index contributed by atoms with van der Waals surface area (Å²) in [5.41, 5.74) is 1.46. The van der Waals surface area contributed by atoms with Crippen LogP contribution in [0.5, 0.6) is 0 Å². The number of carbonyl (C=O) groups excluding carboxylic acids is 1. The predicted octanol–water partition coefficient (Wildman–Crippen LogP) is 4.10. The lowest BCUT2D eigenvalue weighted by Gasteiger charge is -2.29. The van der Waals surface area contributed by atoms with Gasteiger partial charge in [0.25, 0.3) is 0 Å². The second-order valence-corrected chi connectivity index (χ2v) is 8.34. The largest absolute Gasteiger partial charge is 0.323 e. The Kier molecular flexibility index (Phi) is 5.98. The molecule has 0 unspecified atom stereocenters. The van der Waals surface area contributed by atoms with Crippen molar-refractivity contribution in [3.8, 4) is 0 Å². The van der Waals surface area contributed by atoms with Gasteiger partial charge in [-0.2, -0.15) is 0 Å². The van der Waals surface area contributed by atoms with Gasteiger partial charge in [0.05, 0.1) is 22.7 Å². The van der Waals surface area contributed by atoms with Crippen molar-refractivity contribution in [2.24, 2.45) is 0 Å². The van der Waals surface area contributed by atoms with E-state index in [0.717, 1.165) is 10.6 Å². The molecule has 1 amide bonds. The van der Waals surface area contributed by atoms with Crippen LogP contribution in [0.15, 0.2) is 42.5 Å². The predicted molar refractivity (Wildman–Crippen MR) is 103 cm³/mol. The molecule has 0 spiro atoms. The molecule has 0 radical (unpaired) electrons. The third-order valence-corrected chi connectivity index (χ3v) is 5.42. The van der Waals surface area contributed by atoms with Gasteiger partial charge in [0.1, 0.15) is 6.04 Å². The van der Waals surface area contributed by atoms with Crippen molar-refractivity contribution in [2.45, 2.75) is 19.9 Å². The van der Waals surface area contributed by atoms with Crippen LogP contribution in [0, 0.1) is 6.92 Å². The van der Waals surface area contributed by atoms with Crippen LogP contribution >= 0.6 is 23.2 Å². The van der Waals surface area contributed by atoms with Gasteiger partial charge in [-0.1, -0.05) is 41.4 Å². The van der Waals surface area contributed by atoms with Crippen LogP contribution in [0.2, 0.25) is 10.0 Å². The normalized spacial score (nSPS) is 12.5. The summed E-state index contributed by atoms with van der Waals surface area (Å²) in [6, 6.07) is 10.6. The van der Waals surface area contributed by atoms with Crippen LogP contribution in [0.1, 0.15) is 12.5 Å². The van der Waals surface area contributed by atoms with E-state index in [0.29, 0.717) is 27.0 Å². The molecule has 0 aliphatic rings. The maximum absolute atomic E-state index is 12.6. The Morgan fingerprint density at radius 1 is 1.16 bits per heavy atom. The Bertz CT molecular complexity index is 901. The highest BCUT2D eigenvalue weighted by atomic mass is 35.5. The molecule has 5 nitrogen and oxygen atoms in total. The van der Waals surface area contributed by atoms with Crippen LogP contribution in [0.4, 0.5) is 11.4 Å². The maximum Gasteiger partial charge on any atom is 0.248 e. The topological polar surface area (TPSA) is 66.5 Å². The quantitative estimate of drug-likeness (QED) is 0.821. The van der Waals surface area contributed by atoms with Crippen LogP contribution in [-0.2, 0) is 14.8 Å². The number of hydrogen-bond acceptors (Lipinski definition) is 3. The smallest absolute Gasteiger partial charge is 0.248 e. The first-order chi connectivity index (χ1) is 11.6. The SMILES string of the molecule is Cc1ccc(Cl)cc1N([C@@H](C)C(=O)Nc1ccccc1Cl)S(C)(=O)=O. The molecule has 2 rings (SSSR count). The Morgan fingerprint density at radius 3 is 2.40 bits per heavy atom. The summed E-state index contributed by atoms with van der Waals surface area (Å²) in [6.45, 7) is 3.26. The molecule has 25 heavy (non-hydrogen) atoms. The number of halogens is 2. The fourth-order valence-electron chi connectivity index (χ4n) is 2.40. The molecular formula is C17H18Cl2N2O3S. The average Bonchev–Trinajstić information content (AvgIpc) is 2.51. The van der Waals surface area contributed by atoms with Crippen LogP contribution in [-0.4, -0.2) is 26.6 Å². The molecule has 2 aromatic carbocycles. The number of amides is 1. The molecule has 0 heterocycles. The van der Waals surface area contributed by atoms with Crippen molar-refractivity contribution in [1.29, 1.82) is 0 Å². The van der Waals surface area contributed by atoms with E-state index in [-0.39, 0.29) is 0 Å². The summed E-state index contributed by atoms with van der Waals surface area (Å²) in [5, 5.41) is 3.41. The van der Waals surface area contributed by atoms with Gasteiger partial charge in [-0.05, 0) is 43.7 Å². The zero-order valence-corrected chi connectivity index (χ0v) is 16.3.